The van der Waals surface area contributed by atoms with Crippen molar-refractivity contribution in [2.45, 2.75) is 18.6 Å². The normalized spacial score (nSPS) is 27.4. The second kappa shape index (κ2) is 5.16. The first-order chi connectivity index (χ1) is 8.85. The van der Waals surface area contributed by atoms with E-state index < -0.39 is 0 Å². The van der Waals surface area contributed by atoms with Gasteiger partial charge in [-0.1, -0.05) is 12.1 Å². The van der Waals surface area contributed by atoms with Gasteiger partial charge in [0, 0.05) is 19.1 Å². The van der Waals surface area contributed by atoms with Gasteiger partial charge in [0.25, 0.3) is 0 Å². The maximum absolute atomic E-state index is 5.98. The Morgan fingerprint density at radius 3 is 2.94 bits per heavy atom. The Kier molecular flexibility index (Phi) is 3.39. The summed E-state index contributed by atoms with van der Waals surface area (Å²) in [6.45, 7) is 3.86. The molecule has 1 aromatic rings. The Hall–Kier alpha value is -1.26. The highest BCUT2D eigenvalue weighted by molar-refractivity contribution is 5.40. The predicted octanol–water partition coefficient (Wildman–Crippen LogP) is 1.12. The number of para-hydroxylation sites is 2. The van der Waals surface area contributed by atoms with Crippen LogP contribution < -0.4 is 14.8 Å². The molecule has 4 nitrogen and oxygen atoms in total. The molecule has 2 heterocycles. The van der Waals surface area contributed by atoms with E-state index in [1.165, 1.54) is 6.42 Å². The van der Waals surface area contributed by atoms with Crippen LogP contribution in [0.25, 0.3) is 0 Å². The molecule has 0 radical (unpaired) electrons. The fraction of sp³-hybridized carbons (Fsp3) is 0.571. The van der Waals surface area contributed by atoms with E-state index in [0.717, 1.165) is 31.1 Å². The number of ether oxygens (including phenoxy) is 2. The van der Waals surface area contributed by atoms with E-state index in [-0.39, 0.29) is 6.10 Å². The molecule has 2 aliphatic rings. The van der Waals surface area contributed by atoms with Gasteiger partial charge in [-0.15, -0.1) is 0 Å². The predicted molar refractivity (Wildman–Crippen MR) is 70.3 cm³/mol. The number of nitrogens with one attached hydrogen (secondary N) is 1. The third-order valence-electron chi connectivity index (χ3n) is 3.71. The van der Waals surface area contributed by atoms with Gasteiger partial charge in [0.05, 0.1) is 0 Å². The van der Waals surface area contributed by atoms with Crippen LogP contribution in [0.1, 0.15) is 6.42 Å². The highest BCUT2D eigenvalue weighted by atomic mass is 16.6. The van der Waals surface area contributed by atoms with E-state index in [9.17, 15) is 0 Å². The summed E-state index contributed by atoms with van der Waals surface area (Å²) in [5.74, 6) is 1.74. The second-order valence-corrected chi connectivity index (χ2v) is 5.03. The summed E-state index contributed by atoms with van der Waals surface area (Å²) in [5.41, 5.74) is 0. The van der Waals surface area contributed by atoms with Gasteiger partial charge in [-0.05, 0) is 32.1 Å². The van der Waals surface area contributed by atoms with Crippen LogP contribution in [-0.2, 0) is 0 Å². The fourth-order valence-corrected chi connectivity index (χ4v) is 2.68. The summed E-state index contributed by atoms with van der Waals surface area (Å²) in [7, 11) is 2.03. The molecule has 0 amide bonds. The lowest BCUT2D eigenvalue weighted by atomic mass is 10.2. The number of hydrogen-bond donors (Lipinski definition) is 1. The Morgan fingerprint density at radius 2 is 2.17 bits per heavy atom. The zero-order chi connectivity index (χ0) is 12.4. The standard InChI is InChI=1S/C14H20N2O2/c1-15-11-6-7-16(8-11)9-12-10-17-13-4-2-3-5-14(13)18-12/h2-5,11-12,15H,6-10H2,1H3. The van der Waals surface area contributed by atoms with E-state index in [1.807, 2.05) is 31.3 Å². The van der Waals surface area contributed by atoms with Crippen molar-refractivity contribution < 1.29 is 9.47 Å². The van der Waals surface area contributed by atoms with Crippen LogP contribution in [0.2, 0.25) is 0 Å². The van der Waals surface area contributed by atoms with Crippen molar-refractivity contribution in [1.82, 2.24) is 10.2 Å². The van der Waals surface area contributed by atoms with Crippen molar-refractivity contribution in [3.63, 3.8) is 0 Å². The maximum atomic E-state index is 5.98. The number of likely N-dealkylation sites (N-methyl/N-ethyl adjacent to an activating group) is 1. The largest absolute Gasteiger partial charge is 0.486 e. The van der Waals surface area contributed by atoms with Gasteiger partial charge >= 0.3 is 0 Å². The molecule has 2 atom stereocenters. The zero-order valence-corrected chi connectivity index (χ0v) is 10.8. The van der Waals surface area contributed by atoms with Crippen molar-refractivity contribution in [3.05, 3.63) is 24.3 Å². The first kappa shape index (κ1) is 11.8. The van der Waals surface area contributed by atoms with Crippen LogP contribution in [0.3, 0.4) is 0 Å². The van der Waals surface area contributed by atoms with E-state index in [0.29, 0.717) is 12.6 Å². The summed E-state index contributed by atoms with van der Waals surface area (Å²) in [4.78, 5) is 2.45. The molecule has 98 valence electrons. The molecular weight excluding hydrogens is 228 g/mol. The molecule has 3 rings (SSSR count). The van der Waals surface area contributed by atoms with Crippen molar-refractivity contribution in [1.29, 1.82) is 0 Å². The van der Waals surface area contributed by atoms with Gasteiger partial charge in [0.2, 0.25) is 0 Å². The van der Waals surface area contributed by atoms with E-state index in [1.54, 1.807) is 0 Å². The second-order valence-electron chi connectivity index (χ2n) is 5.03. The fourth-order valence-electron chi connectivity index (χ4n) is 2.68. The highest BCUT2D eigenvalue weighted by Gasteiger charge is 2.27. The van der Waals surface area contributed by atoms with Crippen molar-refractivity contribution in [2.75, 3.05) is 33.3 Å². The lowest BCUT2D eigenvalue weighted by Crippen LogP contribution is -2.41. The van der Waals surface area contributed by atoms with Gasteiger partial charge in [-0.3, -0.25) is 4.90 Å². The molecule has 0 aliphatic carbocycles. The summed E-state index contributed by atoms with van der Waals surface area (Å²) in [6.07, 6.45) is 1.37. The van der Waals surface area contributed by atoms with Crippen molar-refractivity contribution in [3.8, 4) is 11.5 Å². The summed E-state index contributed by atoms with van der Waals surface area (Å²) in [6, 6.07) is 8.51. The molecule has 0 aromatic heterocycles. The van der Waals surface area contributed by atoms with Gasteiger partial charge in [-0.25, -0.2) is 0 Å². The van der Waals surface area contributed by atoms with Gasteiger partial charge in [-0.2, -0.15) is 0 Å². The third-order valence-corrected chi connectivity index (χ3v) is 3.71. The van der Waals surface area contributed by atoms with E-state index >= 15 is 0 Å². The molecule has 2 unspecified atom stereocenters. The molecule has 1 fully saturated rings. The minimum Gasteiger partial charge on any atom is -0.486 e. The first-order valence-electron chi connectivity index (χ1n) is 6.63. The lowest BCUT2D eigenvalue weighted by molar-refractivity contribution is 0.0645. The Labute approximate surface area is 108 Å². The number of likely N-dealkylation sites (tertiary alicyclic amines) is 1. The van der Waals surface area contributed by atoms with Crippen LogP contribution in [0.4, 0.5) is 0 Å². The number of nitrogens with zero attached hydrogens (tertiary/aromatic N) is 1. The molecule has 0 bridgehead atoms. The Bertz CT molecular complexity index is 411. The molecule has 18 heavy (non-hydrogen) atoms. The van der Waals surface area contributed by atoms with Crippen molar-refractivity contribution in [2.24, 2.45) is 0 Å². The summed E-state index contributed by atoms with van der Waals surface area (Å²) < 4.78 is 11.7. The molecule has 4 heteroatoms. The van der Waals surface area contributed by atoms with Crippen molar-refractivity contribution >= 4 is 0 Å². The quantitative estimate of drug-likeness (QED) is 0.869. The van der Waals surface area contributed by atoms with Gasteiger partial charge in [0.15, 0.2) is 11.5 Å². The van der Waals surface area contributed by atoms with E-state index in [4.69, 9.17) is 9.47 Å². The highest BCUT2D eigenvalue weighted by Crippen LogP contribution is 2.31. The molecule has 1 saturated heterocycles. The maximum Gasteiger partial charge on any atom is 0.161 e. The monoisotopic (exact) mass is 248 g/mol. The van der Waals surface area contributed by atoms with Crippen LogP contribution in [0.5, 0.6) is 11.5 Å². The van der Waals surface area contributed by atoms with Crippen LogP contribution >= 0.6 is 0 Å². The third kappa shape index (κ3) is 2.44. The van der Waals surface area contributed by atoms with Gasteiger partial charge in [0.1, 0.15) is 12.7 Å². The Balaban J connectivity index is 1.57. The average Bonchev–Trinajstić information content (AvgIpc) is 2.86. The average molecular weight is 248 g/mol. The van der Waals surface area contributed by atoms with E-state index in [2.05, 4.69) is 10.2 Å². The van der Waals surface area contributed by atoms with Crippen LogP contribution in [-0.4, -0.2) is 50.3 Å². The topological polar surface area (TPSA) is 33.7 Å². The molecule has 2 aliphatic heterocycles. The smallest absolute Gasteiger partial charge is 0.161 e. The molecular formula is C14H20N2O2. The SMILES string of the molecule is CNC1CCN(CC2COc3ccccc3O2)C1. The molecule has 0 saturated carbocycles. The van der Waals surface area contributed by atoms with Crippen LogP contribution in [0.15, 0.2) is 24.3 Å². The molecule has 1 aromatic carbocycles. The first-order valence-corrected chi connectivity index (χ1v) is 6.63. The summed E-state index contributed by atoms with van der Waals surface area (Å²) in [5, 5.41) is 3.33. The minimum atomic E-state index is 0.149. The lowest BCUT2D eigenvalue weighted by Gasteiger charge is -2.29. The molecule has 0 spiro atoms. The number of hydrogen-bond acceptors (Lipinski definition) is 4. The minimum absolute atomic E-state index is 0.149. The van der Waals surface area contributed by atoms with Gasteiger partial charge < -0.3 is 14.8 Å². The zero-order valence-electron chi connectivity index (χ0n) is 10.8. The number of benzene rings is 1. The number of rotatable bonds is 3. The summed E-state index contributed by atoms with van der Waals surface area (Å²) >= 11 is 0. The van der Waals surface area contributed by atoms with Crippen LogP contribution in [0, 0.1) is 0 Å². The number of fused-ring (bicyclic) bond motifs is 1. The molecule has 1 N–H and O–H groups in total. The Morgan fingerprint density at radius 1 is 1.33 bits per heavy atom.